The van der Waals surface area contributed by atoms with Crippen LogP contribution in [0, 0.1) is 5.92 Å². The van der Waals surface area contributed by atoms with Crippen LogP contribution in [0.4, 0.5) is 18.0 Å². The third kappa shape index (κ3) is 6.47. The number of benzene rings is 1. The van der Waals surface area contributed by atoms with E-state index in [0.717, 1.165) is 24.3 Å². The van der Waals surface area contributed by atoms with E-state index >= 15 is 0 Å². The molecule has 1 aliphatic rings. The number of carbonyl (C=O) groups excluding carboxylic acids is 3. The van der Waals surface area contributed by atoms with Crippen molar-refractivity contribution in [3.05, 3.63) is 35.4 Å². The lowest BCUT2D eigenvalue weighted by Crippen LogP contribution is -2.47. The molecule has 1 heterocycles. The standard InChI is InChI=1S/C21H27F3N2O4/c1-13(17(27)14-5-7-16(8-6-14)21(22,23)24)25-18(28)15-9-11-26(12-10-15)19(29)30-20(2,3)4/h5-8,13,15H,9-12H2,1-4H3,(H,25,28). The van der Waals surface area contributed by atoms with Crippen molar-refractivity contribution in [3.63, 3.8) is 0 Å². The van der Waals surface area contributed by atoms with Crippen molar-refractivity contribution in [2.24, 2.45) is 5.92 Å². The molecule has 2 rings (SSSR count). The van der Waals surface area contributed by atoms with Crippen LogP contribution in [0.25, 0.3) is 0 Å². The maximum absolute atomic E-state index is 12.6. The number of likely N-dealkylation sites (tertiary alicyclic amines) is 1. The number of ether oxygens (including phenoxy) is 1. The molecule has 166 valence electrons. The maximum atomic E-state index is 12.6. The van der Waals surface area contributed by atoms with Gasteiger partial charge in [-0.05, 0) is 52.7 Å². The second-order valence-electron chi connectivity index (χ2n) is 8.41. The Labute approximate surface area is 173 Å². The van der Waals surface area contributed by atoms with Gasteiger partial charge in [0, 0.05) is 24.6 Å². The second kappa shape index (κ2) is 9.06. The first-order chi connectivity index (χ1) is 13.8. The molecule has 1 saturated heterocycles. The normalized spacial score (nSPS) is 16.7. The van der Waals surface area contributed by atoms with E-state index in [0.29, 0.717) is 25.9 Å². The number of alkyl halides is 3. The quantitative estimate of drug-likeness (QED) is 0.735. The first kappa shape index (κ1) is 23.7. The largest absolute Gasteiger partial charge is 0.444 e. The Morgan fingerprint density at radius 1 is 1.07 bits per heavy atom. The molecule has 6 nitrogen and oxygen atoms in total. The van der Waals surface area contributed by atoms with Gasteiger partial charge >= 0.3 is 12.3 Å². The summed E-state index contributed by atoms with van der Waals surface area (Å²) in [5.74, 6) is -1.14. The van der Waals surface area contributed by atoms with Crippen LogP contribution in [0.3, 0.4) is 0 Å². The highest BCUT2D eigenvalue weighted by atomic mass is 19.4. The predicted octanol–water partition coefficient (Wildman–Crippen LogP) is 4.04. The minimum Gasteiger partial charge on any atom is -0.444 e. The van der Waals surface area contributed by atoms with Gasteiger partial charge in [0.25, 0.3) is 0 Å². The minimum atomic E-state index is -4.48. The molecule has 1 atom stereocenters. The lowest BCUT2D eigenvalue weighted by atomic mass is 9.95. The van der Waals surface area contributed by atoms with Gasteiger partial charge in [-0.25, -0.2) is 4.79 Å². The highest BCUT2D eigenvalue weighted by Crippen LogP contribution is 2.29. The van der Waals surface area contributed by atoms with E-state index in [1.54, 1.807) is 25.7 Å². The van der Waals surface area contributed by atoms with Gasteiger partial charge in [0.2, 0.25) is 5.91 Å². The van der Waals surface area contributed by atoms with Gasteiger partial charge in [0.15, 0.2) is 5.78 Å². The lowest BCUT2D eigenvalue weighted by molar-refractivity contribution is -0.137. The summed E-state index contributed by atoms with van der Waals surface area (Å²) < 4.78 is 43.2. The molecule has 30 heavy (non-hydrogen) atoms. The van der Waals surface area contributed by atoms with Crippen LogP contribution in [0.2, 0.25) is 0 Å². The summed E-state index contributed by atoms with van der Waals surface area (Å²) in [5, 5.41) is 2.63. The Morgan fingerprint density at radius 2 is 1.60 bits per heavy atom. The van der Waals surface area contributed by atoms with Crippen molar-refractivity contribution < 1.29 is 32.3 Å². The summed E-state index contributed by atoms with van der Waals surface area (Å²) in [6.45, 7) is 7.57. The van der Waals surface area contributed by atoms with E-state index in [1.807, 2.05) is 0 Å². The fourth-order valence-corrected chi connectivity index (χ4v) is 3.12. The molecule has 1 aliphatic heterocycles. The number of hydrogen-bond acceptors (Lipinski definition) is 4. The number of ketones is 1. The van der Waals surface area contributed by atoms with E-state index in [2.05, 4.69) is 5.32 Å². The number of halogens is 3. The summed E-state index contributed by atoms with van der Waals surface area (Å²) in [6, 6.07) is 3.01. The highest BCUT2D eigenvalue weighted by Gasteiger charge is 2.32. The van der Waals surface area contributed by atoms with Crippen LogP contribution >= 0.6 is 0 Å². The van der Waals surface area contributed by atoms with Gasteiger partial charge in [0.05, 0.1) is 11.6 Å². The number of piperidine rings is 1. The van der Waals surface area contributed by atoms with Crippen LogP contribution in [-0.4, -0.2) is 47.4 Å². The highest BCUT2D eigenvalue weighted by molar-refractivity contribution is 6.01. The molecule has 1 aromatic carbocycles. The Balaban J connectivity index is 1.87. The van der Waals surface area contributed by atoms with Crippen LogP contribution < -0.4 is 5.32 Å². The Morgan fingerprint density at radius 3 is 2.07 bits per heavy atom. The third-order valence-electron chi connectivity index (χ3n) is 4.77. The van der Waals surface area contributed by atoms with Crippen LogP contribution in [-0.2, 0) is 15.7 Å². The molecule has 0 bridgehead atoms. The first-order valence-corrected chi connectivity index (χ1v) is 9.77. The third-order valence-corrected chi connectivity index (χ3v) is 4.77. The lowest BCUT2D eigenvalue weighted by Gasteiger charge is -2.33. The fourth-order valence-electron chi connectivity index (χ4n) is 3.12. The van der Waals surface area contributed by atoms with Gasteiger partial charge in [-0.15, -0.1) is 0 Å². The molecule has 0 aliphatic carbocycles. The number of rotatable bonds is 4. The zero-order valence-electron chi connectivity index (χ0n) is 17.5. The van der Waals surface area contributed by atoms with Gasteiger partial charge < -0.3 is 15.0 Å². The van der Waals surface area contributed by atoms with Gasteiger partial charge in [-0.3, -0.25) is 9.59 Å². The van der Waals surface area contributed by atoms with Crippen LogP contribution in [0.5, 0.6) is 0 Å². The average molecular weight is 428 g/mol. The SMILES string of the molecule is CC(NC(=O)C1CCN(C(=O)OC(C)(C)C)CC1)C(=O)c1ccc(C(F)(F)F)cc1. The van der Waals surface area contributed by atoms with Crippen molar-refractivity contribution >= 4 is 17.8 Å². The number of hydrogen-bond donors (Lipinski definition) is 1. The summed E-state index contributed by atoms with van der Waals surface area (Å²) in [4.78, 5) is 38.6. The number of nitrogens with one attached hydrogen (secondary N) is 1. The molecule has 0 spiro atoms. The Bertz CT molecular complexity index is 777. The molecule has 2 amide bonds. The van der Waals surface area contributed by atoms with E-state index in [9.17, 15) is 27.6 Å². The van der Waals surface area contributed by atoms with Gasteiger partial charge in [-0.2, -0.15) is 13.2 Å². The predicted molar refractivity (Wildman–Crippen MR) is 104 cm³/mol. The molecule has 1 N–H and O–H groups in total. The van der Waals surface area contributed by atoms with Crippen LogP contribution in [0.1, 0.15) is 56.5 Å². The van der Waals surface area contributed by atoms with Crippen molar-refractivity contribution in [2.45, 2.75) is 58.4 Å². The van der Waals surface area contributed by atoms with E-state index in [4.69, 9.17) is 4.74 Å². The first-order valence-electron chi connectivity index (χ1n) is 9.77. The fraction of sp³-hybridized carbons (Fsp3) is 0.571. The maximum Gasteiger partial charge on any atom is 0.416 e. The van der Waals surface area contributed by atoms with Crippen molar-refractivity contribution in [1.29, 1.82) is 0 Å². The monoisotopic (exact) mass is 428 g/mol. The van der Waals surface area contributed by atoms with Crippen molar-refractivity contribution in [3.8, 4) is 0 Å². The zero-order valence-corrected chi connectivity index (χ0v) is 17.5. The Hall–Kier alpha value is -2.58. The summed E-state index contributed by atoms with van der Waals surface area (Å²) in [7, 11) is 0. The van der Waals surface area contributed by atoms with Gasteiger partial charge in [0.1, 0.15) is 5.60 Å². The summed E-state index contributed by atoms with van der Waals surface area (Å²) >= 11 is 0. The number of amides is 2. The molecule has 9 heteroatoms. The topological polar surface area (TPSA) is 75.7 Å². The van der Waals surface area contributed by atoms with Crippen LogP contribution in [0.15, 0.2) is 24.3 Å². The smallest absolute Gasteiger partial charge is 0.416 e. The number of carbonyl (C=O) groups is 3. The second-order valence-corrected chi connectivity index (χ2v) is 8.41. The zero-order chi connectivity index (χ0) is 22.7. The van der Waals surface area contributed by atoms with E-state index in [1.165, 1.54) is 6.92 Å². The van der Waals surface area contributed by atoms with Crippen molar-refractivity contribution in [1.82, 2.24) is 10.2 Å². The number of Topliss-reactive ketones (excluding diaryl/α,β-unsaturated/α-hetero) is 1. The molecular weight excluding hydrogens is 401 g/mol. The molecular formula is C21H27F3N2O4. The summed E-state index contributed by atoms with van der Waals surface area (Å²) in [5.41, 5.74) is -1.35. The molecule has 1 aromatic rings. The van der Waals surface area contributed by atoms with E-state index in [-0.39, 0.29) is 17.4 Å². The average Bonchev–Trinajstić information content (AvgIpc) is 2.65. The summed E-state index contributed by atoms with van der Waals surface area (Å²) in [6.07, 6.45) is -4.03. The number of nitrogens with zero attached hydrogens (tertiary/aromatic N) is 1. The van der Waals surface area contributed by atoms with Gasteiger partial charge in [-0.1, -0.05) is 12.1 Å². The Kier molecular flexibility index (Phi) is 7.15. The molecule has 1 fully saturated rings. The van der Waals surface area contributed by atoms with Crippen molar-refractivity contribution in [2.75, 3.05) is 13.1 Å². The minimum absolute atomic E-state index is 0.0931. The molecule has 0 radical (unpaired) electrons. The molecule has 0 saturated carbocycles. The molecule has 1 unspecified atom stereocenters. The molecule has 0 aromatic heterocycles. The van der Waals surface area contributed by atoms with E-state index < -0.39 is 35.3 Å².